The van der Waals surface area contributed by atoms with Crippen molar-refractivity contribution in [1.29, 1.82) is 0 Å². The number of halogens is 1. The van der Waals surface area contributed by atoms with Gasteiger partial charge in [-0.25, -0.2) is 0 Å². The molecule has 1 atom stereocenters. The highest BCUT2D eigenvalue weighted by atomic mass is 35.5. The number of carboxylic acid groups (broad SMARTS) is 1. The topological polar surface area (TPSA) is 59.0 Å². The van der Waals surface area contributed by atoms with Crippen molar-refractivity contribution in [2.75, 3.05) is 20.3 Å². The van der Waals surface area contributed by atoms with Crippen molar-refractivity contribution in [3.63, 3.8) is 0 Å². The number of hydrogen-bond acceptors (Lipinski definition) is 4. The number of nitrogens with zero attached hydrogens (tertiary/aromatic N) is 1. The zero-order valence-electron chi connectivity index (χ0n) is 12.3. The van der Waals surface area contributed by atoms with Gasteiger partial charge < -0.3 is 14.6 Å². The molecule has 1 N–H and O–H groups in total. The number of likely N-dealkylation sites (tertiary alicyclic amines) is 1. The molecule has 1 fully saturated rings. The number of rotatable bonds is 6. The van der Waals surface area contributed by atoms with Crippen LogP contribution in [0.15, 0.2) is 12.1 Å². The molecule has 2 rings (SSSR count). The van der Waals surface area contributed by atoms with Crippen LogP contribution in [0.4, 0.5) is 0 Å². The lowest BCUT2D eigenvalue weighted by atomic mass is 10.1. The van der Waals surface area contributed by atoms with E-state index in [9.17, 15) is 9.90 Å². The highest BCUT2D eigenvalue weighted by molar-refractivity contribution is 6.32. The Morgan fingerprint density at radius 1 is 1.52 bits per heavy atom. The first-order chi connectivity index (χ1) is 10.1. The molecule has 5 nitrogen and oxygen atoms in total. The molecular weight excluding hydrogens is 294 g/mol. The summed E-state index contributed by atoms with van der Waals surface area (Å²) in [5.41, 5.74) is 0.924. The van der Waals surface area contributed by atoms with Crippen molar-refractivity contribution in [1.82, 2.24) is 4.90 Å². The maximum Gasteiger partial charge on any atom is 0.320 e. The molecule has 116 valence electrons. The van der Waals surface area contributed by atoms with Gasteiger partial charge in [0.05, 0.1) is 18.7 Å². The van der Waals surface area contributed by atoms with Crippen LogP contribution in [0.2, 0.25) is 5.02 Å². The van der Waals surface area contributed by atoms with Crippen LogP contribution in [0, 0.1) is 0 Å². The maximum absolute atomic E-state index is 11.2. The van der Waals surface area contributed by atoms with Crippen molar-refractivity contribution >= 4 is 17.6 Å². The summed E-state index contributed by atoms with van der Waals surface area (Å²) in [6.07, 6.45) is 1.59. The average Bonchev–Trinajstić information content (AvgIpc) is 2.89. The molecule has 21 heavy (non-hydrogen) atoms. The van der Waals surface area contributed by atoms with Crippen LogP contribution in [-0.2, 0) is 11.3 Å². The zero-order valence-corrected chi connectivity index (χ0v) is 13.0. The lowest BCUT2D eigenvalue weighted by Crippen LogP contribution is -2.35. The van der Waals surface area contributed by atoms with Gasteiger partial charge in [-0.1, -0.05) is 11.6 Å². The molecule has 0 saturated carbocycles. The Bertz CT molecular complexity index is 521. The highest BCUT2D eigenvalue weighted by Crippen LogP contribution is 2.37. The van der Waals surface area contributed by atoms with Gasteiger partial charge in [0.2, 0.25) is 0 Å². The molecule has 0 unspecified atom stereocenters. The number of benzene rings is 1. The second-order valence-electron chi connectivity index (χ2n) is 5.01. The van der Waals surface area contributed by atoms with E-state index in [1.807, 2.05) is 24.0 Å². The number of carbonyl (C=O) groups is 1. The summed E-state index contributed by atoms with van der Waals surface area (Å²) < 4.78 is 10.8. The Kier molecular flexibility index (Phi) is 5.31. The Hall–Kier alpha value is -1.46. The van der Waals surface area contributed by atoms with E-state index in [2.05, 4.69) is 0 Å². The molecule has 1 saturated heterocycles. The second-order valence-corrected chi connectivity index (χ2v) is 5.42. The molecule has 0 amide bonds. The summed E-state index contributed by atoms with van der Waals surface area (Å²) >= 11 is 6.24. The number of aliphatic carboxylic acids is 1. The lowest BCUT2D eigenvalue weighted by Gasteiger charge is -2.22. The molecule has 0 aromatic heterocycles. The van der Waals surface area contributed by atoms with E-state index in [0.29, 0.717) is 36.1 Å². The largest absolute Gasteiger partial charge is 0.493 e. The van der Waals surface area contributed by atoms with Crippen LogP contribution in [0.3, 0.4) is 0 Å². The summed E-state index contributed by atoms with van der Waals surface area (Å²) in [5, 5.41) is 9.70. The Labute approximate surface area is 129 Å². The predicted molar refractivity (Wildman–Crippen MR) is 80.2 cm³/mol. The van der Waals surface area contributed by atoms with Crippen LogP contribution >= 0.6 is 11.6 Å². The van der Waals surface area contributed by atoms with Gasteiger partial charge in [0.15, 0.2) is 11.5 Å². The molecule has 1 heterocycles. The monoisotopic (exact) mass is 313 g/mol. The Morgan fingerprint density at radius 3 is 2.90 bits per heavy atom. The summed E-state index contributed by atoms with van der Waals surface area (Å²) in [7, 11) is 1.56. The second kappa shape index (κ2) is 7.00. The van der Waals surface area contributed by atoms with Gasteiger partial charge in [-0.3, -0.25) is 9.69 Å². The van der Waals surface area contributed by atoms with Crippen LogP contribution in [-0.4, -0.2) is 42.3 Å². The number of ether oxygens (including phenoxy) is 2. The average molecular weight is 314 g/mol. The third kappa shape index (κ3) is 3.60. The molecule has 0 radical (unpaired) electrons. The SMILES string of the molecule is CCOc1c(Cl)cc(CN2CCC[C@@H]2C(=O)O)cc1OC. The first-order valence-corrected chi connectivity index (χ1v) is 7.40. The van der Waals surface area contributed by atoms with E-state index in [4.69, 9.17) is 21.1 Å². The summed E-state index contributed by atoms with van der Waals surface area (Å²) in [5.74, 6) is 0.337. The van der Waals surface area contributed by atoms with E-state index in [0.717, 1.165) is 18.5 Å². The van der Waals surface area contributed by atoms with Gasteiger partial charge in [-0.05, 0) is 44.0 Å². The fourth-order valence-corrected chi connectivity index (χ4v) is 2.97. The van der Waals surface area contributed by atoms with Crippen LogP contribution in [0.5, 0.6) is 11.5 Å². The molecule has 1 aromatic carbocycles. The minimum absolute atomic E-state index is 0.415. The summed E-state index contributed by atoms with van der Waals surface area (Å²) in [6.45, 7) is 3.71. The van der Waals surface area contributed by atoms with Crippen LogP contribution < -0.4 is 9.47 Å². The number of carboxylic acids is 1. The van der Waals surface area contributed by atoms with Crippen LogP contribution in [0.1, 0.15) is 25.3 Å². The van der Waals surface area contributed by atoms with E-state index in [-0.39, 0.29) is 0 Å². The zero-order chi connectivity index (χ0) is 15.4. The molecule has 1 aliphatic heterocycles. The number of methoxy groups -OCH3 is 1. The van der Waals surface area contributed by atoms with E-state index < -0.39 is 12.0 Å². The quantitative estimate of drug-likeness (QED) is 0.875. The van der Waals surface area contributed by atoms with Crippen molar-refractivity contribution in [3.05, 3.63) is 22.7 Å². The first-order valence-electron chi connectivity index (χ1n) is 7.02. The van der Waals surface area contributed by atoms with Crippen molar-refractivity contribution < 1.29 is 19.4 Å². The Balaban J connectivity index is 2.20. The molecule has 0 bridgehead atoms. The first kappa shape index (κ1) is 15.9. The minimum Gasteiger partial charge on any atom is -0.493 e. The normalized spacial score (nSPS) is 18.7. The Morgan fingerprint density at radius 2 is 2.29 bits per heavy atom. The van der Waals surface area contributed by atoms with Gasteiger partial charge in [0.1, 0.15) is 6.04 Å². The number of hydrogen-bond donors (Lipinski definition) is 1. The van der Waals surface area contributed by atoms with Crippen molar-refractivity contribution in [3.8, 4) is 11.5 Å². The maximum atomic E-state index is 11.2. The third-order valence-corrected chi connectivity index (χ3v) is 3.89. The van der Waals surface area contributed by atoms with E-state index in [1.165, 1.54) is 0 Å². The molecule has 0 aliphatic carbocycles. The molecule has 1 aromatic rings. The van der Waals surface area contributed by atoms with Crippen molar-refractivity contribution in [2.24, 2.45) is 0 Å². The fraction of sp³-hybridized carbons (Fsp3) is 0.533. The van der Waals surface area contributed by atoms with Crippen molar-refractivity contribution in [2.45, 2.75) is 32.4 Å². The fourth-order valence-electron chi connectivity index (χ4n) is 2.68. The lowest BCUT2D eigenvalue weighted by molar-refractivity contribution is -0.142. The van der Waals surface area contributed by atoms with Crippen LogP contribution in [0.25, 0.3) is 0 Å². The predicted octanol–water partition coefficient (Wildman–Crippen LogP) is 2.80. The van der Waals surface area contributed by atoms with Gasteiger partial charge in [0, 0.05) is 6.54 Å². The minimum atomic E-state index is -0.767. The van der Waals surface area contributed by atoms with Gasteiger partial charge >= 0.3 is 5.97 Å². The van der Waals surface area contributed by atoms with Gasteiger partial charge in [-0.15, -0.1) is 0 Å². The standard InChI is InChI=1S/C15H20ClNO4/c1-3-21-14-11(16)7-10(8-13(14)20-2)9-17-6-4-5-12(17)15(18)19/h7-8,12H,3-6,9H2,1-2H3,(H,18,19)/t12-/m1/s1. The summed E-state index contributed by atoms with van der Waals surface area (Å²) in [4.78, 5) is 13.2. The molecule has 1 aliphatic rings. The van der Waals surface area contributed by atoms with Gasteiger partial charge in [-0.2, -0.15) is 0 Å². The van der Waals surface area contributed by atoms with E-state index >= 15 is 0 Å². The highest BCUT2D eigenvalue weighted by Gasteiger charge is 2.30. The molecule has 6 heteroatoms. The van der Waals surface area contributed by atoms with E-state index in [1.54, 1.807) is 7.11 Å². The van der Waals surface area contributed by atoms with Gasteiger partial charge in [0.25, 0.3) is 0 Å². The smallest absolute Gasteiger partial charge is 0.320 e. The summed E-state index contributed by atoms with van der Waals surface area (Å²) in [6, 6.07) is 3.25. The molecular formula is C15H20ClNO4. The molecule has 0 spiro atoms. The third-order valence-electron chi connectivity index (χ3n) is 3.61.